The predicted octanol–water partition coefficient (Wildman–Crippen LogP) is 2.70. The van der Waals surface area contributed by atoms with E-state index in [2.05, 4.69) is 5.32 Å². The van der Waals surface area contributed by atoms with E-state index in [1.54, 1.807) is 23.1 Å². The van der Waals surface area contributed by atoms with Crippen LogP contribution in [0.3, 0.4) is 0 Å². The molecule has 2 aromatic carbocycles. The van der Waals surface area contributed by atoms with Gasteiger partial charge in [0.25, 0.3) is 0 Å². The minimum atomic E-state index is -4.84. The molecular weight excluding hydrogens is 367 g/mol. The van der Waals surface area contributed by atoms with Gasteiger partial charge in [0.15, 0.2) is 0 Å². The number of nitrogens with zero attached hydrogens (tertiary/aromatic N) is 1. The molecule has 9 heteroatoms. The number of sulfonamides is 1. The van der Waals surface area contributed by atoms with Crippen LogP contribution in [0.1, 0.15) is 11.1 Å². The number of aryl methyl sites for hydroxylation is 1. The van der Waals surface area contributed by atoms with Gasteiger partial charge in [-0.05, 0) is 24.1 Å². The normalized spacial score (nSPS) is 15.5. The molecule has 0 unspecified atom stereocenters. The van der Waals surface area contributed by atoms with Gasteiger partial charge in [0, 0.05) is 18.7 Å². The van der Waals surface area contributed by atoms with E-state index in [9.17, 15) is 21.6 Å². The zero-order valence-electron chi connectivity index (χ0n) is 14.0. The number of benzene rings is 2. The molecular formula is C17H18F3N3O2S. The Morgan fingerprint density at radius 2 is 1.81 bits per heavy atom. The molecule has 5 nitrogen and oxygen atoms in total. The van der Waals surface area contributed by atoms with Crippen LogP contribution in [0.25, 0.3) is 11.1 Å². The number of hydrogen-bond donors (Lipinski definition) is 2. The van der Waals surface area contributed by atoms with Crippen molar-refractivity contribution in [3.05, 3.63) is 47.5 Å². The zero-order valence-corrected chi connectivity index (χ0v) is 14.8. The number of primary sulfonamides is 1. The summed E-state index contributed by atoms with van der Waals surface area (Å²) in [5.41, 5.74) is 0.624. The van der Waals surface area contributed by atoms with Gasteiger partial charge in [-0.15, -0.1) is 0 Å². The standard InChI is InChI=1S/C17H18F3N3O2S/c1-11-4-2-3-5-12(11)13-6-7-14(17(18,19)20)16(26(21,24)25)15(13)23-9-8-22-10-23/h2-7,22H,8-10H2,1H3,(H2,21,24,25). The summed E-state index contributed by atoms with van der Waals surface area (Å²) in [5.74, 6) is 0. The molecule has 0 aliphatic carbocycles. The maximum Gasteiger partial charge on any atom is 0.417 e. The average Bonchev–Trinajstić information content (AvgIpc) is 3.06. The Bertz CT molecular complexity index is 937. The Morgan fingerprint density at radius 1 is 1.12 bits per heavy atom. The van der Waals surface area contributed by atoms with Crippen LogP contribution in [0.2, 0.25) is 0 Å². The Labute approximate surface area is 149 Å². The molecule has 2 aromatic rings. The van der Waals surface area contributed by atoms with Crippen LogP contribution < -0.4 is 15.4 Å². The first kappa shape index (κ1) is 18.7. The summed E-state index contributed by atoms with van der Waals surface area (Å²) in [4.78, 5) is 0.700. The number of anilines is 1. The maximum absolute atomic E-state index is 13.5. The molecule has 1 saturated heterocycles. The molecule has 1 aliphatic rings. The number of hydrogen-bond acceptors (Lipinski definition) is 4. The molecule has 1 fully saturated rings. The van der Waals surface area contributed by atoms with Crippen molar-refractivity contribution in [3.63, 3.8) is 0 Å². The first-order chi connectivity index (χ1) is 12.1. The SMILES string of the molecule is Cc1ccccc1-c1ccc(C(F)(F)F)c(S(N)(=O)=O)c1N1CCNC1. The highest BCUT2D eigenvalue weighted by Crippen LogP contribution is 2.44. The second-order valence-electron chi connectivity index (χ2n) is 6.12. The highest BCUT2D eigenvalue weighted by molar-refractivity contribution is 7.89. The van der Waals surface area contributed by atoms with Gasteiger partial charge in [0.2, 0.25) is 10.0 Å². The summed E-state index contributed by atoms with van der Waals surface area (Å²) < 4.78 is 64.9. The first-order valence-electron chi connectivity index (χ1n) is 7.89. The van der Waals surface area contributed by atoms with E-state index in [4.69, 9.17) is 5.14 Å². The molecule has 26 heavy (non-hydrogen) atoms. The largest absolute Gasteiger partial charge is 0.417 e. The van der Waals surface area contributed by atoms with E-state index in [0.717, 1.165) is 11.6 Å². The van der Waals surface area contributed by atoms with Gasteiger partial charge in [-0.2, -0.15) is 13.2 Å². The highest BCUT2D eigenvalue weighted by Gasteiger charge is 2.40. The van der Waals surface area contributed by atoms with Gasteiger partial charge >= 0.3 is 6.18 Å². The summed E-state index contributed by atoms with van der Waals surface area (Å²) >= 11 is 0. The Morgan fingerprint density at radius 3 is 2.35 bits per heavy atom. The number of nitrogens with one attached hydrogen (secondary N) is 1. The average molecular weight is 385 g/mol. The quantitative estimate of drug-likeness (QED) is 0.852. The highest BCUT2D eigenvalue weighted by atomic mass is 32.2. The van der Waals surface area contributed by atoms with Crippen LogP contribution in [0.5, 0.6) is 0 Å². The fourth-order valence-electron chi connectivity index (χ4n) is 3.19. The van der Waals surface area contributed by atoms with E-state index in [1.807, 2.05) is 13.0 Å². The third kappa shape index (κ3) is 3.42. The molecule has 0 saturated carbocycles. The van der Waals surface area contributed by atoms with Gasteiger partial charge < -0.3 is 4.90 Å². The molecule has 1 heterocycles. The lowest BCUT2D eigenvalue weighted by Crippen LogP contribution is -2.28. The fraction of sp³-hybridized carbons (Fsp3) is 0.294. The number of alkyl halides is 3. The lowest BCUT2D eigenvalue weighted by Gasteiger charge is -2.26. The lowest BCUT2D eigenvalue weighted by atomic mass is 9.96. The van der Waals surface area contributed by atoms with Crippen LogP contribution in [0.4, 0.5) is 18.9 Å². The molecule has 3 rings (SSSR count). The van der Waals surface area contributed by atoms with Gasteiger partial charge in [0.1, 0.15) is 4.90 Å². The van der Waals surface area contributed by atoms with Gasteiger partial charge in [0.05, 0.1) is 17.9 Å². The number of nitrogens with two attached hydrogens (primary N) is 1. The second-order valence-corrected chi connectivity index (χ2v) is 7.62. The smallest absolute Gasteiger partial charge is 0.356 e. The van der Waals surface area contributed by atoms with E-state index in [-0.39, 0.29) is 12.4 Å². The fourth-order valence-corrected chi connectivity index (χ4v) is 4.19. The monoisotopic (exact) mass is 385 g/mol. The summed E-state index contributed by atoms with van der Waals surface area (Å²) in [6, 6.07) is 9.22. The predicted molar refractivity (Wildman–Crippen MR) is 93.2 cm³/mol. The van der Waals surface area contributed by atoms with Crippen molar-refractivity contribution in [3.8, 4) is 11.1 Å². The summed E-state index contributed by atoms with van der Waals surface area (Å²) in [5, 5.41) is 8.24. The Hall–Kier alpha value is -2.10. The molecule has 0 radical (unpaired) electrons. The molecule has 0 atom stereocenters. The molecule has 0 bridgehead atoms. The number of rotatable bonds is 3. The topological polar surface area (TPSA) is 75.4 Å². The Kier molecular flexibility index (Phi) is 4.72. The van der Waals surface area contributed by atoms with E-state index >= 15 is 0 Å². The number of halogens is 3. The minimum absolute atomic E-state index is 0.0124. The van der Waals surface area contributed by atoms with Gasteiger partial charge in [-0.25, -0.2) is 13.6 Å². The Balaban J connectivity index is 2.42. The van der Waals surface area contributed by atoms with Gasteiger partial charge in [-0.1, -0.05) is 30.3 Å². The van der Waals surface area contributed by atoms with Crippen LogP contribution in [0, 0.1) is 6.92 Å². The first-order valence-corrected chi connectivity index (χ1v) is 9.44. The lowest BCUT2D eigenvalue weighted by molar-refractivity contribution is -0.139. The maximum atomic E-state index is 13.5. The van der Waals surface area contributed by atoms with Crippen molar-refractivity contribution in [1.29, 1.82) is 0 Å². The van der Waals surface area contributed by atoms with E-state index < -0.39 is 26.7 Å². The molecule has 0 aromatic heterocycles. The molecule has 3 N–H and O–H groups in total. The third-order valence-corrected chi connectivity index (χ3v) is 5.32. The summed E-state index contributed by atoms with van der Waals surface area (Å²) in [6.07, 6.45) is -4.84. The van der Waals surface area contributed by atoms with E-state index in [1.165, 1.54) is 6.07 Å². The van der Waals surface area contributed by atoms with Crippen LogP contribution >= 0.6 is 0 Å². The van der Waals surface area contributed by atoms with Crippen molar-refractivity contribution >= 4 is 15.7 Å². The van der Waals surface area contributed by atoms with Crippen molar-refractivity contribution in [1.82, 2.24) is 5.32 Å². The van der Waals surface area contributed by atoms with Crippen molar-refractivity contribution in [2.24, 2.45) is 5.14 Å². The molecule has 140 valence electrons. The van der Waals surface area contributed by atoms with Crippen molar-refractivity contribution in [2.75, 3.05) is 24.7 Å². The van der Waals surface area contributed by atoms with Crippen molar-refractivity contribution < 1.29 is 21.6 Å². The van der Waals surface area contributed by atoms with Crippen LogP contribution in [0.15, 0.2) is 41.3 Å². The molecule has 0 spiro atoms. The van der Waals surface area contributed by atoms with E-state index in [0.29, 0.717) is 24.2 Å². The van der Waals surface area contributed by atoms with Crippen LogP contribution in [-0.4, -0.2) is 28.2 Å². The van der Waals surface area contributed by atoms with Crippen LogP contribution in [-0.2, 0) is 16.2 Å². The zero-order chi connectivity index (χ0) is 19.1. The molecule has 0 amide bonds. The molecule has 1 aliphatic heterocycles. The minimum Gasteiger partial charge on any atom is -0.356 e. The summed E-state index contributed by atoms with van der Waals surface area (Å²) in [6.45, 7) is 2.97. The second kappa shape index (κ2) is 6.57. The van der Waals surface area contributed by atoms with Crippen molar-refractivity contribution in [2.45, 2.75) is 18.0 Å². The third-order valence-electron chi connectivity index (χ3n) is 4.33. The summed E-state index contributed by atoms with van der Waals surface area (Å²) in [7, 11) is -4.62. The van der Waals surface area contributed by atoms with Gasteiger partial charge in [-0.3, -0.25) is 5.32 Å².